The Hall–Kier alpha value is -2.92. The van der Waals surface area contributed by atoms with Crippen LogP contribution in [0, 0.1) is 6.92 Å². The normalized spacial score (nSPS) is 15.9. The monoisotopic (exact) mass is 405 g/mol. The summed E-state index contributed by atoms with van der Waals surface area (Å²) in [5, 5.41) is 0. The maximum absolute atomic E-state index is 13.4. The number of carbonyl (C=O) groups is 1. The quantitative estimate of drug-likeness (QED) is 0.577. The minimum Gasteiger partial charge on any atom is -0.294 e. The predicted molar refractivity (Wildman–Crippen MR) is 115 cm³/mol. The van der Waals surface area contributed by atoms with Crippen LogP contribution in [0.25, 0.3) is 0 Å². The average Bonchev–Trinajstić information content (AvgIpc) is 3.08. The molecule has 0 saturated heterocycles. The first-order valence-electron chi connectivity index (χ1n) is 9.65. The number of rotatable bonds is 5. The van der Waals surface area contributed by atoms with Gasteiger partial charge in [-0.2, -0.15) is 0 Å². The number of Topliss-reactive ketones (excluding diaryl/α,β-unsaturated/α-hetero) is 1. The third kappa shape index (κ3) is 3.58. The van der Waals surface area contributed by atoms with Gasteiger partial charge in [0.25, 0.3) is 10.0 Å². The van der Waals surface area contributed by atoms with Crippen LogP contribution < -0.4 is 4.31 Å². The molecule has 0 aromatic heterocycles. The number of ketones is 1. The highest BCUT2D eigenvalue weighted by molar-refractivity contribution is 7.92. The SMILES string of the molecule is CC(=O)c1cccc2c1[C@H](Cc1ccccc1)CN2S(=O)(=O)c1ccc(C)cc1. The summed E-state index contributed by atoms with van der Waals surface area (Å²) >= 11 is 0. The van der Waals surface area contributed by atoms with Crippen LogP contribution in [0.15, 0.2) is 77.7 Å². The van der Waals surface area contributed by atoms with Crippen molar-refractivity contribution in [3.8, 4) is 0 Å². The molecule has 0 aliphatic carbocycles. The summed E-state index contributed by atoms with van der Waals surface area (Å²) in [7, 11) is -3.71. The topological polar surface area (TPSA) is 54.5 Å². The van der Waals surface area contributed by atoms with Crippen LogP contribution in [0.1, 0.15) is 39.9 Å². The second-order valence-electron chi connectivity index (χ2n) is 7.53. The van der Waals surface area contributed by atoms with E-state index in [0.717, 1.165) is 16.7 Å². The molecule has 1 atom stereocenters. The number of nitrogens with zero attached hydrogens (tertiary/aromatic N) is 1. The van der Waals surface area contributed by atoms with Gasteiger partial charge in [-0.25, -0.2) is 8.42 Å². The molecular weight excluding hydrogens is 382 g/mol. The van der Waals surface area contributed by atoms with Crippen molar-refractivity contribution >= 4 is 21.5 Å². The van der Waals surface area contributed by atoms with Crippen LogP contribution >= 0.6 is 0 Å². The Bertz CT molecular complexity index is 1150. The van der Waals surface area contributed by atoms with Crippen molar-refractivity contribution in [1.29, 1.82) is 0 Å². The predicted octanol–water partition coefficient (Wildman–Crippen LogP) is 4.73. The Labute approximate surface area is 171 Å². The first-order chi connectivity index (χ1) is 13.9. The van der Waals surface area contributed by atoms with Crippen LogP contribution in [-0.2, 0) is 16.4 Å². The van der Waals surface area contributed by atoms with Crippen LogP contribution in [-0.4, -0.2) is 20.7 Å². The van der Waals surface area contributed by atoms with E-state index in [2.05, 4.69) is 0 Å². The van der Waals surface area contributed by atoms with Gasteiger partial charge in [0.2, 0.25) is 0 Å². The Morgan fingerprint density at radius 3 is 2.31 bits per heavy atom. The maximum atomic E-state index is 13.4. The molecule has 0 amide bonds. The summed E-state index contributed by atoms with van der Waals surface area (Å²) in [6.45, 7) is 3.79. The second kappa shape index (κ2) is 7.48. The Morgan fingerprint density at radius 2 is 1.66 bits per heavy atom. The number of sulfonamides is 1. The van der Waals surface area contributed by atoms with Gasteiger partial charge < -0.3 is 0 Å². The molecule has 0 unspecified atom stereocenters. The second-order valence-corrected chi connectivity index (χ2v) is 9.39. The van der Waals surface area contributed by atoms with Gasteiger partial charge in [0, 0.05) is 18.0 Å². The summed E-state index contributed by atoms with van der Waals surface area (Å²) < 4.78 is 28.3. The Balaban J connectivity index is 1.81. The number of benzene rings is 3. The fourth-order valence-electron chi connectivity index (χ4n) is 4.03. The fraction of sp³-hybridized carbons (Fsp3) is 0.208. The number of hydrogen-bond acceptors (Lipinski definition) is 3. The van der Waals surface area contributed by atoms with Crippen LogP contribution in [0.2, 0.25) is 0 Å². The number of hydrogen-bond donors (Lipinski definition) is 0. The lowest BCUT2D eigenvalue weighted by Crippen LogP contribution is -2.30. The number of fused-ring (bicyclic) bond motifs is 1. The summed E-state index contributed by atoms with van der Waals surface area (Å²) in [5.74, 6) is -0.123. The van der Waals surface area contributed by atoms with Gasteiger partial charge in [-0.05, 0) is 49.6 Å². The minimum atomic E-state index is -3.71. The highest BCUT2D eigenvalue weighted by Gasteiger charge is 2.38. The minimum absolute atomic E-state index is 0.0468. The molecule has 0 radical (unpaired) electrons. The van der Waals surface area contributed by atoms with Gasteiger partial charge in [-0.3, -0.25) is 9.10 Å². The van der Waals surface area contributed by atoms with Gasteiger partial charge in [0.05, 0.1) is 10.6 Å². The molecule has 4 nitrogen and oxygen atoms in total. The van der Waals surface area contributed by atoms with Gasteiger partial charge >= 0.3 is 0 Å². The fourth-order valence-corrected chi connectivity index (χ4v) is 5.56. The lowest BCUT2D eigenvalue weighted by Gasteiger charge is -2.20. The zero-order chi connectivity index (χ0) is 20.6. The lowest BCUT2D eigenvalue weighted by atomic mass is 9.89. The van der Waals surface area contributed by atoms with Gasteiger partial charge in [-0.1, -0.05) is 60.2 Å². The highest BCUT2D eigenvalue weighted by Crippen LogP contribution is 2.43. The lowest BCUT2D eigenvalue weighted by molar-refractivity contribution is 0.101. The largest absolute Gasteiger partial charge is 0.294 e. The number of carbonyl (C=O) groups excluding carboxylic acids is 1. The number of anilines is 1. The molecule has 0 bridgehead atoms. The van der Waals surface area contributed by atoms with Crippen LogP contribution in [0.3, 0.4) is 0 Å². The van der Waals surface area contributed by atoms with E-state index in [4.69, 9.17) is 0 Å². The van der Waals surface area contributed by atoms with Crippen molar-refractivity contribution in [3.63, 3.8) is 0 Å². The molecule has 5 heteroatoms. The zero-order valence-electron chi connectivity index (χ0n) is 16.5. The first kappa shape index (κ1) is 19.4. The van der Waals surface area contributed by atoms with Crippen LogP contribution in [0.4, 0.5) is 5.69 Å². The molecule has 0 fully saturated rings. The summed E-state index contributed by atoms with van der Waals surface area (Å²) in [6.07, 6.45) is 0.679. The standard InChI is InChI=1S/C24H23NO3S/c1-17-11-13-21(14-12-17)29(27,28)25-16-20(15-19-7-4-3-5-8-19)24-22(18(2)26)9-6-10-23(24)25/h3-14,20H,15-16H2,1-2H3/t20-/m1/s1. The van der Waals surface area contributed by atoms with E-state index in [-0.39, 0.29) is 16.6 Å². The van der Waals surface area contributed by atoms with Crippen molar-refractivity contribution in [2.24, 2.45) is 0 Å². The van der Waals surface area contributed by atoms with E-state index in [0.29, 0.717) is 24.2 Å². The number of aryl methyl sites for hydroxylation is 1. The smallest absolute Gasteiger partial charge is 0.264 e. The van der Waals surface area contributed by atoms with Crippen molar-refractivity contribution in [3.05, 3.63) is 95.1 Å². The highest BCUT2D eigenvalue weighted by atomic mass is 32.2. The van der Waals surface area contributed by atoms with Gasteiger partial charge in [0.1, 0.15) is 0 Å². The van der Waals surface area contributed by atoms with Crippen molar-refractivity contribution in [2.75, 3.05) is 10.8 Å². The van der Waals surface area contributed by atoms with Crippen LogP contribution in [0.5, 0.6) is 0 Å². The third-order valence-electron chi connectivity index (χ3n) is 5.46. The zero-order valence-corrected chi connectivity index (χ0v) is 17.3. The molecule has 148 valence electrons. The molecular formula is C24H23NO3S. The van der Waals surface area contributed by atoms with E-state index in [1.54, 1.807) is 42.5 Å². The summed E-state index contributed by atoms with van der Waals surface area (Å²) in [4.78, 5) is 12.6. The molecule has 0 N–H and O–H groups in total. The molecule has 3 aromatic rings. The Kier molecular flexibility index (Phi) is 5.01. The first-order valence-corrected chi connectivity index (χ1v) is 11.1. The molecule has 1 heterocycles. The van der Waals surface area contributed by atoms with E-state index in [1.165, 1.54) is 11.2 Å². The van der Waals surface area contributed by atoms with E-state index in [1.807, 2.05) is 37.3 Å². The molecule has 1 aliphatic heterocycles. The van der Waals surface area contributed by atoms with Gasteiger partial charge in [0.15, 0.2) is 5.78 Å². The van der Waals surface area contributed by atoms with Gasteiger partial charge in [-0.15, -0.1) is 0 Å². The van der Waals surface area contributed by atoms with Crippen molar-refractivity contribution < 1.29 is 13.2 Å². The van der Waals surface area contributed by atoms with E-state index in [9.17, 15) is 13.2 Å². The van der Waals surface area contributed by atoms with Crippen molar-refractivity contribution in [2.45, 2.75) is 31.1 Å². The molecule has 0 saturated carbocycles. The van der Waals surface area contributed by atoms with E-state index < -0.39 is 10.0 Å². The third-order valence-corrected chi connectivity index (χ3v) is 7.25. The molecule has 1 aliphatic rings. The van der Waals surface area contributed by atoms with E-state index >= 15 is 0 Å². The summed E-state index contributed by atoms with van der Waals surface area (Å²) in [5.41, 5.74) is 4.17. The molecule has 0 spiro atoms. The molecule has 3 aromatic carbocycles. The molecule has 29 heavy (non-hydrogen) atoms. The summed E-state index contributed by atoms with van der Waals surface area (Å²) in [6, 6.07) is 22.2. The Morgan fingerprint density at radius 1 is 0.966 bits per heavy atom. The average molecular weight is 406 g/mol. The van der Waals surface area contributed by atoms with Crippen molar-refractivity contribution in [1.82, 2.24) is 0 Å². The molecule has 4 rings (SSSR count). The maximum Gasteiger partial charge on any atom is 0.264 e.